The number of allylic oxidation sites excluding steroid dienone is 1. The van der Waals surface area contributed by atoms with Crippen LogP contribution in [-0.2, 0) is 0 Å². The normalized spacial score (nSPS) is 35.9. The molecule has 0 aromatic rings. The van der Waals surface area contributed by atoms with Crippen molar-refractivity contribution in [1.82, 2.24) is 0 Å². The number of rotatable bonds is 0. The summed E-state index contributed by atoms with van der Waals surface area (Å²) in [5, 5.41) is 9.53. The van der Waals surface area contributed by atoms with Crippen molar-refractivity contribution in [3.63, 3.8) is 0 Å². The predicted octanol–water partition coefficient (Wildman–Crippen LogP) is -1.74. The van der Waals surface area contributed by atoms with E-state index in [0.29, 0.717) is 0 Å². The summed E-state index contributed by atoms with van der Waals surface area (Å²) in [7, 11) is 0. The first-order valence-electron chi connectivity index (χ1n) is 2.78. The Bertz CT molecular complexity index is 179. The van der Waals surface area contributed by atoms with Crippen molar-refractivity contribution >= 4 is 0 Å². The minimum absolute atomic E-state index is 0.190. The van der Waals surface area contributed by atoms with Crippen molar-refractivity contribution in [1.29, 1.82) is 0 Å². The Morgan fingerprint density at radius 2 is 2.33 bits per heavy atom. The molecule has 1 rings (SSSR count). The number of alkyl halides is 1. The Labute approximate surface area is 65.7 Å². The van der Waals surface area contributed by atoms with Crippen molar-refractivity contribution in [2.45, 2.75) is 17.5 Å². The molecule has 0 spiro atoms. The van der Waals surface area contributed by atoms with Crippen LogP contribution in [0.1, 0.15) is 13.8 Å². The molecule has 52 valence electrons. The van der Waals surface area contributed by atoms with Gasteiger partial charge < -0.3 is 0 Å². The standard InChI is InChI=1S/C7H10IO/c1-5-4-6(2)8-7(5,3)9/h4,9H,1H2,2-3H3/q-1/t7-/m0/s1. The quantitative estimate of drug-likeness (QED) is 0.391. The minimum atomic E-state index is -0.553. The van der Waals surface area contributed by atoms with Gasteiger partial charge in [0.05, 0.1) is 0 Å². The molecule has 1 nitrogen and oxygen atoms in total. The van der Waals surface area contributed by atoms with Gasteiger partial charge in [-0.05, 0) is 0 Å². The molecule has 1 heterocycles. The molecule has 0 aromatic heterocycles. The van der Waals surface area contributed by atoms with Crippen LogP contribution in [0, 0.1) is 0 Å². The zero-order chi connectivity index (χ0) is 7.07. The molecule has 0 radical (unpaired) electrons. The molecular formula is C7H10IO-. The fourth-order valence-corrected chi connectivity index (χ4v) is 3.44. The molecule has 0 unspecified atom stereocenters. The van der Waals surface area contributed by atoms with E-state index in [1.54, 1.807) is 0 Å². The van der Waals surface area contributed by atoms with E-state index in [2.05, 4.69) is 13.5 Å². The summed E-state index contributed by atoms with van der Waals surface area (Å²) in [6, 6.07) is 0. The summed E-state index contributed by atoms with van der Waals surface area (Å²) in [5.74, 6) is 0. The second-order valence-corrected chi connectivity index (χ2v) is 6.65. The first-order chi connectivity index (χ1) is 4.02. The zero-order valence-corrected chi connectivity index (χ0v) is 7.77. The summed E-state index contributed by atoms with van der Waals surface area (Å²) in [6.45, 7) is 7.66. The molecule has 0 saturated heterocycles. The van der Waals surface area contributed by atoms with E-state index in [1.165, 1.54) is 3.58 Å². The molecule has 1 aliphatic heterocycles. The van der Waals surface area contributed by atoms with Gasteiger partial charge in [-0.25, -0.2) is 0 Å². The van der Waals surface area contributed by atoms with E-state index in [9.17, 15) is 5.11 Å². The summed E-state index contributed by atoms with van der Waals surface area (Å²) < 4.78 is 0.770. The zero-order valence-electron chi connectivity index (χ0n) is 5.61. The van der Waals surface area contributed by atoms with Crippen molar-refractivity contribution < 1.29 is 26.3 Å². The van der Waals surface area contributed by atoms with Gasteiger partial charge in [0.1, 0.15) is 0 Å². The molecule has 0 aliphatic carbocycles. The maximum atomic E-state index is 9.53. The fraction of sp³-hybridized carbons (Fsp3) is 0.429. The van der Waals surface area contributed by atoms with E-state index in [1.807, 2.05) is 13.0 Å². The summed E-state index contributed by atoms with van der Waals surface area (Å²) in [4.78, 5) is 0. The third kappa shape index (κ3) is 1.35. The van der Waals surface area contributed by atoms with Crippen molar-refractivity contribution in [2.75, 3.05) is 0 Å². The Hall–Kier alpha value is 0.170. The van der Waals surface area contributed by atoms with Crippen LogP contribution in [0.2, 0.25) is 0 Å². The number of aliphatic hydroxyl groups is 1. The van der Waals surface area contributed by atoms with Crippen LogP contribution in [0.5, 0.6) is 0 Å². The van der Waals surface area contributed by atoms with Gasteiger partial charge in [-0.2, -0.15) is 0 Å². The Morgan fingerprint density at radius 1 is 1.78 bits per heavy atom. The van der Waals surface area contributed by atoms with Crippen LogP contribution in [0.4, 0.5) is 0 Å². The summed E-state index contributed by atoms with van der Waals surface area (Å²) in [5.41, 5.74) is 0.882. The van der Waals surface area contributed by atoms with Gasteiger partial charge in [-0.3, -0.25) is 0 Å². The van der Waals surface area contributed by atoms with Gasteiger partial charge in [0, 0.05) is 0 Å². The topological polar surface area (TPSA) is 20.2 Å². The van der Waals surface area contributed by atoms with Crippen LogP contribution in [0.25, 0.3) is 0 Å². The number of halogens is 1. The van der Waals surface area contributed by atoms with E-state index < -0.39 is 3.61 Å². The molecule has 1 N–H and O–H groups in total. The number of hydrogen-bond donors (Lipinski definition) is 1. The van der Waals surface area contributed by atoms with Crippen LogP contribution in [0.15, 0.2) is 21.8 Å². The Kier molecular flexibility index (Phi) is 1.69. The second-order valence-electron chi connectivity index (χ2n) is 2.30. The van der Waals surface area contributed by atoms with E-state index in [4.69, 9.17) is 0 Å². The predicted molar refractivity (Wildman–Crippen MR) is 33.5 cm³/mol. The average molecular weight is 237 g/mol. The van der Waals surface area contributed by atoms with Crippen LogP contribution >= 0.6 is 0 Å². The molecule has 1 aliphatic rings. The van der Waals surface area contributed by atoms with Crippen LogP contribution in [-0.4, -0.2) is 8.71 Å². The molecule has 0 amide bonds. The summed E-state index contributed by atoms with van der Waals surface area (Å²) in [6.07, 6.45) is 1.99. The molecular weight excluding hydrogens is 227 g/mol. The van der Waals surface area contributed by atoms with Crippen LogP contribution < -0.4 is 21.2 Å². The van der Waals surface area contributed by atoms with E-state index in [-0.39, 0.29) is 21.2 Å². The molecule has 0 aromatic carbocycles. The Morgan fingerprint density at radius 3 is 2.44 bits per heavy atom. The molecule has 1 atom stereocenters. The first-order valence-corrected chi connectivity index (χ1v) is 4.94. The van der Waals surface area contributed by atoms with Crippen molar-refractivity contribution in [2.24, 2.45) is 0 Å². The van der Waals surface area contributed by atoms with Crippen molar-refractivity contribution in [3.8, 4) is 0 Å². The monoisotopic (exact) mass is 237 g/mol. The SMILES string of the molecule is C=C1C=C(C)[I-][C@@]1(C)O. The van der Waals surface area contributed by atoms with E-state index >= 15 is 0 Å². The van der Waals surface area contributed by atoms with Gasteiger partial charge in [-0.15, -0.1) is 0 Å². The molecule has 0 bridgehead atoms. The van der Waals surface area contributed by atoms with Gasteiger partial charge in [0.2, 0.25) is 0 Å². The fourth-order valence-electron chi connectivity index (χ4n) is 0.750. The van der Waals surface area contributed by atoms with Gasteiger partial charge in [-0.1, -0.05) is 0 Å². The molecule has 2 heteroatoms. The van der Waals surface area contributed by atoms with Crippen molar-refractivity contribution in [3.05, 3.63) is 21.8 Å². The number of hydrogen-bond acceptors (Lipinski definition) is 1. The second kappa shape index (κ2) is 2.09. The summed E-state index contributed by atoms with van der Waals surface area (Å²) >= 11 is -0.190. The van der Waals surface area contributed by atoms with Gasteiger partial charge in [0.25, 0.3) is 0 Å². The first kappa shape index (κ1) is 7.28. The molecule has 9 heavy (non-hydrogen) atoms. The maximum absolute atomic E-state index is 9.53. The van der Waals surface area contributed by atoms with Gasteiger partial charge in [0.15, 0.2) is 0 Å². The third-order valence-corrected chi connectivity index (χ3v) is 4.20. The Balaban J connectivity index is 2.84. The molecule has 0 saturated carbocycles. The van der Waals surface area contributed by atoms with Gasteiger partial charge >= 0.3 is 65.6 Å². The third-order valence-electron chi connectivity index (χ3n) is 1.29. The van der Waals surface area contributed by atoms with E-state index in [0.717, 1.165) is 5.57 Å². The average Bonchev–Trinajstić information content (AvgIpc) is 1.79. The molecule has 0 fully saturated rings. The van der Waals surface area contributed by atoms with Crippen LogP contribution in [0.3, 0.4) is 0 Å².